The Kier molecular flexibility index (Phi) is 5.16. The van der Waals surface area contributed by atoms with E-state index in [0.717, 1.165) is 11.3 Å². The summed E-state index contributed by atoms with van der Waals surface area (Å²) in [6.45, 7) is 3.69. The van der Waals surface area contributed by atoms with Crippen LogP contribution >= 0.6 is 0 Å². The molecule has 18 heavy (non-hydrogen) atoms. The Balaban J connectivity index is 2.69. The van der Waals surface area contributed by atoms with Gasteiger partial charge in [-0.2, -0.15) is 0 Å². The number of hydrogen-bond donors (Lipinski definition) is 2. The topological polar surface area (TPSA) is 72.5 Å². The smallest absolute Gasteiger partial charge is 0.307 e. The van der Waals surface area contributed by atoms with Crippen LogP contribution in [0.4, 0.5) is 0 Å². The molecule has 4 heteroatoms. The van der Waals surface area contributed by atoms with Crippen LogP contribution in [0.3, 0.4) is 0 Å². The molecule has 0 aliphatic rings. The minimum absolute atomic E-state index is 0.205. The average Bonchev–Trinajstić information content (AvgIpc) is 2.37. The van der Waals surface area contributed by atoms with Gasteiger partial charge < -0.3 is 15.6 Å². The van der Waals surface area contributed by atoms with Crippen molar-refractivity contribution in [3.8, 4) is 5.75 Å². The molecule has 0 aromatic heterocycles. The van der Waals surface area contributed by atoms with E-state index in [9.17, 15) is 4.79 Å². The predicted molar refractivity (Wildman–Crippen MR) is 70.8 cm³/mol. The van der Waals surface area contributed by atoms with Gasteiger partial charge in [-0.25, -0.2) is 0 Å². The Labute approximate surface area is 108 Å². The molecule has 1 aromatic carbocycles. The quantitative estimate of drug-likeness (QED) is 0.813. The van der Waals surface area contributed by atoms with E-state index in [1.54, 1.807) is 14.0 Å². The van der Waals surface area contributed by atoms with E-state index < -0.39 is 11.9 Å². The van der Waals surface area contributed by atoms with Gasteiger partial charge in [-0.3, -0.25) is 4.79 Å². The van der Waals surface area contributed by atoms with Gasteiger partial charge in [0.05, 0.1) is 13.0 Å². The Hall–Kier alpha value is -1.55. The second-order valence-corrected chi connectivity index (χ2v) is 4.70. The van der Waals surface area contributed by atoms with Gasteiger partial charge in [0, 0.05) is 6.04 Å². The molecule has 0 fully saturated rings. The summed E-state index contributed by atoms with van der Waals surface area (Å²) in [7, 11) is 1.63. The first-order chi connectivity index (χ1) is 8.45. The molecule has 0 aliphatic heterocycles. The Bertz CT molecular complexity index is 406. The van der Waals surface area contributed by atoms with Crippen LogP contribution in [-0.2, 0) is 4.79 Å². The molecule has 0 spiro atoms. The van der Waals surface area contributed by atoms with Crippen molar-refractivity contribution in [1.29, 1.82) is 0 Å². The molecule has 0 bridgehead atoms. The van der Waals surface area contributed by atoms with Crippen molar-refractivity contribution in [1.82, 2.24) is 0 Å². The molecule has 1 aromatic rings. The fourth-order valence-electron chi connectivity index (χ4n) is 1.88. The number of benzene rings is 1. The molecular formula is C14H21NO3. The molecule has 3 atom stereocenters. The van der Waals surface area contributed by atoms with Gasteiger partial charge in [-0.15, -0.1) is 0 Å². The SMILES string of the molecule is COc1cccc(C(C)CC(N)C(C)C(=O)O)c1. The highest BCUT2D eigenvalue weighted by Gasteiger charge is 2.22. The summed E-state index contributed by atoms with van der Waals surface area (Å²) in [6.07, 6.45) is 0.640. The van der Waals surface area contributed by atoms with Crippen molar-refractivity contribution >= 4 is 5.97 Å². The van der Waals surface area contributed by atoms with E-state index in [1.165, 1.54) is 0 Å². The van der Waals surface area contributed by atoms with Gasteiger partial charge in [-0.1, -0.05) is 26.0 Å². The van der Waals surface area contributed by atoms with E-state index in [0.29, 0.717) is 6.42 Å². The number of nitrogens with two attached hydrogens (primary N) is 1. The summed E-state index contributed by atoms with van der Waals surface area (Å²) in [6, 6.07) is 7.43. The summed E-state index contributed by atoms with van der Waals surface area (Å²) in [5.74, 6) is -0.366. The maximum Gasteiger partial charge on any atom is 0.307 e. The molecule has 3 unspecified atom stereocenters. The largest absolute Gasteiger partial charge is 0.497 e. The third kappa shape index (κ3) is 3.74. The van der Waals surface area contributed by atoms with Gasteiger partial charge in [-0.05, 0) is 30.0 Å². The fraction of sp³-hybridized carbons (Fsp3) is 0.500. The molecule has 0 saturated heterocycles. The summed E-state index contributed by atoms with van der Waals surface area (Å²) >= 11 is 0. The van der Waals surface area contributed by atoms with Crippen molar-refractivity contribution in [2.45, 2.75) is 32.2 Å². The number of ether oxygens (including phenoxy) is 1. The van der Waals surface area contributed by atoms with Gasteiger partial charge >= 0.3 is 5.97 Å². The highest BCUT2D eigenvalue weighted by Crippen LogP contribution is 2.25. The van der Waals surface area contributed by atoms with Crippen LogP contribution in [0.15, 0.2) is 24.3 Å². The first-order valence-corrected chi connectivity index (χ1v) is 6.08. The average molecular weight is 251 g/mol. The van der Waals surface area contributed by atoms with Crippen molar-refractivity contribution in [3.05, 3.63) is 29.8 Å². The second kappa shape index (κ2) is 6.40. The zero-order chi connectivity index (χ0) is 13.7. The molecule has 100 valence electrons. The van der Waals surface area contributed by atoms with E-state index in [-0.39, 0.29) is 12.0 Å². The first kappa shape index (κ1) is 14.5. The summed E-state index contributed by atoms with van der Waals surface area (Å²) in [5, 5.41) is 8.92. The lowest BCUT2D eigenvalue weighted by atomic mass is 9.89. The zero-order valence-electron chi connectivity index (χ0n) is 11.1. The number of aliphatic carboxylic acids is 1. The number of hydrogen-bond acceptors (Lipinski definition) is 3. The summed E-state index contributed by atoms with van der Waals surface area (Å²) in [5.41, 5.74) is 7.03. The monoisotopic (exact) mass is 251 g/mol. The van der Waals surface area contributed by atoms with Gasteiger partial charge in [0.25, 0.3) is 0 Å². The number of rotatable bonds is 6. The molecule has 0 amide bonds. The normalized spacial score (nSPS) is 15.8. The van der Waals surface area contributed by atoms with Crippen molar-refractivity contribution in [2.75, 3.05) is 7.11 Å². The lowest BCUT2D eigenvalue weighted by Crippen LogP contribution is -2.34. The number of methoxy groups -OCH3 is 1. The molecule has 0 aliphatic carbocycles. The first-order valence-electron chi connectivity index (χ1n) is 6.08. The van der Waals surface area contributed by atoms with Crippen LogP contribution in [0.5, 0.6) is 5.75 Å². The van der Waals surface area contributed by atoms with E-state index >= 15 is 0 Å². The van der Waals surface area contributed by atoms with Crippen molar-refractivity contribution in [3.63, 3.8) is 0 Å². The Morgan fingerprint density at radius 3 is 2.67 bits per heavy atom. The molecule has 0 heterocycles. The standard InChI is InChI=1S/C14H21NO3/c1-9(7-13(15)10(2)14(16)17)11-5-4-6-12(8-11)18-3/h4-6,8-10,13H,7,15H2,1-3H3,(H,16,17). The minimum atomic E-state index is -0.847. The van der Waals surface area contributed by atoms with Gasteiger partial charge in [0.15, 0.2) is 0 Å². The van der Waals surface area contributed by atoms with E-state index in [1.807, 2.05) is 31.2 Å². The third-order valence-electron chi connectivity index (χ3n) is 3.32. The highest BCUT2D eigenvalue weighted by atomic mass is 16.5. The molecular weight excluding hydrogens is 230 g/mol. The van der Waals surface area contributed by atoms with Crippen LogP contribution in [0.25, 0.3) is 0 Å². The van der Waals surface area contributed by atoms with Crippen LogP contribution in [0, 0.1) is 5.92 Å². The minimum Gasteiger partial charge on any atom is -0.497 e. The Morgan fingerprint density at radius 2 is 2.11 bits per heavy atom. The van der Waals surface area contributed by atoms with Gasteiger partial charge in [0.2, 0.25) is 0 Å². The lowest BCUT2D eigenvalue weighted by Gasteiger charge is -2.21. The van der Waals surface area contributed by atoms with Crippen LogP contribution < -0.4 is 10.5 Å². The molecule has 1 rings (SSSR count). The molecule has 0 radical (unpaired) electrons. The van der Waals surface area contributed by atoms with Crippen molar-refractivity contribution in [2.24, 2.45) is 11.7 Å². The second-order valence-electron chi connectivity index (χ2n) is 4.70. The van der Waals surface area contributed by atoms with E-state index in [4.69, 9.17) is 15.6 Å². The van der Waals surface area contributed by atoms with Crippen LogP contribution in [0.2, 0.25) is 0 Å². The number of carboxylic acid groups (broad SMARTS) is 1. The predicted octanol–water partition coefficient (Wildman–Crippen LogP) is 2.24. The maximum atomic E-state index is 10.9. The van der Waals surface area contributed by atoms with E-state index in [2.05, 4.69) is 0 Å². The number of carboxylic acids is 1. The van der Waals surface area contributed by atoms with Crippen molar-refractivity contribution < 1.29 is 14.6 Å². The molecule has 0 saturated carbocycles. The van der Waals surface area contributed by atoms with Gasteiger partial charge in [0.1, 0.15) is 5.75 Å². The lowest BCUT2D eigenvalue weighted by molar-refractivity contribution is -0.141. The summed E-state index contributed by atoms with van der Waals surface area (Å²) in [4.78, 5) is 10.9. The third-order valence-corrected chi connectivity index (χ3v) is 3.32. The van der Waals surface area contributed by atoms with Crippen LogP contribution in [-0.4, -0.2) is 24.2 Å². The molecule has 4 nitrogen and oxygen atoms in total. The van der Waals surface area contributed by atoms with Crippen LogP contribution in [0.1, 0.15) is 31.7 Å². The molecule has 3 N–H and O–H groups in total. The highest BCUT2D eigenvalue weighted by molar-refractivity contribution is 5.70. The zero-order valence-corrected chi connectivity index (χ0v) is 11.1. The summed E-state index contributed by atoms with van der Waals surface area (Å²) < 4.78 is 5.17. The number of carbonyl (C=O) groups is 1. The Morgan fingerprint density at radius 1 is 1.44 bits per heavy atom. The maximum absolute atomic E-state index is 10.9. The fourth-order valence-corrected chi connectivity index (χ4v) is 1.88.